The van der Waals surface area contributed by atoms with E-state index in [0.717, 1.165) is 29.2 Å². The van der Waals surface area contributed by atoms with Crippen molar-refractivity contribution in [3.8, 4) is 0 Å². The molecule has 0 saturated carbocycles. The Hall–Kier alpha value is -0.770. The average Bonchev–Trinajstić information content (AvgIpc) is 2.32. The van der Waals surface area contributed by atoms with Gasteiger partial charge in [0.05, 0.1) is 6.61 Å². The summed E-state index contributed by atoms with van der Waals surface area (Å²) in [7, 11) is 1.72. The van der Waals surface area contributed by atoms with Gasteiger partial charge in [-0.1, -0.05) is 17.7 Å². The van der Waals surface area contributed by atoms with Crippen LogP contribution in [0.5, 0.6) is 0 Å². The number of methoxy groups -OCH3 is 1. The highest BCUT2D eigenvalue weighted by Crippen LogP contribution is 2.25. The van der Waals surface area contributed by atoms with E-state index in [1.54, 1.807) is 7.11 Å². The van der Waals surface area contributed by atoms with Crippen molar-refractivity contribution in [3.05, 3.63) is 28.8 Å². The van der Waals surface area contributed by atoms with Crippen molar-refractivity contribution in [2.24, 2.45) is 5.73 Å². The summed E-state index contributed by atoms with van der Waals surface area (Å²) < 4.78 is 5.15. The topological polar surface area (TPSA) is 38.5 Å². The summed E-state index contributed by atoms with van der Waals surface area (Å²) in [6, 6.07) is 6.60. The van der Waals surface area contributed by atoms with Gasteiger partial charge in [-0.15, -0.1) is 0 Å². The van der Waals surface area contributed by atoms with Crippen molar-refractivity contribution in [2.45, 2.75) is 26.3 Å². The number of benzene rings is 1. The molecule has 2 N–H and O–H groups in total. The van der Waals surface area contributed by atoms with Gasteiger partial charge in [0.25, 0.3) is 0 Å². The van der Waals surface area contributed by atoms with E-state index in [1.807, 2.05) is 6.07 Å². The van der Waals surface area contributed by atoms with Gasteiger partial charge in [0, 0.05) is 30.4 Å². The van der Waals surface area contributed by atoms with E-state index < -0.39 is 0 Å². The lowest BCUT2D eigenvalue weighted by Crippen LogP contribution is -2.33. The molecule has 0 atom stereocenters. The summed E-state index contributed by atoms with van der Waals surface area (Å²) >= 11 is 6.28. The van der Waals surface area contributed by atoms with Crippen LogP contribution in [0.2, 0.25) is 5.02 Å². The minimum Gasteiger partial charge on any atom is -0.383 e. The van der Waals surface area contributed by atoms with Crippen LogP contribution in [0.1, 0.15) is 19.4 Å². The van der Waals surface area contributed by atoms with Crippen LogP contribution >= 0.6 is 11.6 Å². The standard InChI is InChI=1S/C14H23ClN2O/c1-11(2)17(8-9-18-3)13-5-4-12(6-7-16)14(15)10-13/h4-5,10-11H,6-9,16H2,1-3H3. The van der Waals surface area contributed by atoms with Gasteiger partial charge in [0.15, 0.2) is 0 Å². The van der Waals surface area contributed by atoms with Crippen molar-refractivity contribution < 1.29 is 4.74 Å². The number of nitrogens with zero attached hydrogens (tertiary/aromatic N) is 1. The Morgan fingerprint density at radius 1 is 1.39 bits per heavy atom. The second kappa shape index (κ2) is 7.62. The molecule has 3 nitrogen and oxygen atoms in total. The maximum absolute atomic E-state index is 6.28. The van der Waals surface area contributed by atoms with Crippen LogP contribution in [0.4, 0.5) is 5.69 Å². The molecule has 102 valence electrons. The monoisotopic (exact) mass is 270 g/mol. The van der Waals surface area contributed by atoms with Crippen LogP contribution in [0.3, 0.4) is 0 Å². The van der Waals surface area contributed by atoms with Crippen molar-refractivity contribution in [3.63, 3.8) is 0 Å². The smallest absolute Gasteiger partial charge is 0.0637 e. The van der Waals surface area contributed by atoms with E-state index in [4.69, 9.17) is 22.1 Å². The Balaban J connectivity index is 2.88. The van der Waals surface area contributed by atoms with Gasteiger partial charge < -0.3 is 15.4 Å². The zero-order chi connectivity index (χ0) is 13.5. The first-order valence-corrected chi connectivity index (χ1v) is 6.72. The Labute approximate surface area is 115 Å². The van der Waals surface area contributed by atoms with Crippen LogP contribution in [0, 0.1) is 0 Å². The molecular weight excluding hydrogens is 248 g/mol. The van der Waals surface area contributed by atoms with E-state index in [1.165, 1.54) is 0 Å². The molecule has 0 aliphatic heterocycles. The van der Waals surface area contributed by atoms with Crippen molar-refractivity contribution >= 4 is 17.3 Å². The predicted molar refractivity (Wildman–Crippen MR) is 78.6 cm³/mol. The van der Waals surface area contributed by atoms with Crippen molar-refractivity contribution in [1.82, 2.24) is 0 Å². The highest BCUT2D eigenvalue weighted by atomic mass is 35.5. The summed E-state index contributed by atoms with van der Waals surface area (Å²) in [6.07, 6.45) is 0.818. The number of anilines is 1. The predicted octanol–water partition coefficient (Wildman–Crippen LogP) is 2.70. The van der Waals surface area contributed by atoms with Crippen LogP contribution in [0.25, 0.3) is 0 Å². The van der Waals surface area contributed by atoms with Gasteiger partial charge in [-0.3, -0.25) is 0 Å². The third-order valence-electron chi connectivity index (χ3n) is 2.94. The lowest BCUT2D eigenvalue weighted by molar-refractivity contribution is 0.204. The molecule has 0 spiro atoms. The molecule has 0 bridgehead atoms. The zero-order valence-electron chi connectivity index (χ0n) is 11.4. The third-order valence-corrected chi connectivity index (χ3v) is 3.29. The number of hydrogen-bond acceptors (Lipinski definition) is 3. The largest absolute Gasteiger partial charge is 0.383 e. The first kappa shape index (κ1) is 15.3. The average molecular weight is 271 g/mol. The Morgan fingerprint density at radius 3 is 2.61 bits per heavy atom. The molecule has 1 rings (SSSR count). The fourth-order valence-electron chi connectivity index (χ4n) is 1.95. The Morgan fingerprint density at radius 2 is 2.11 bits per heavy atom. The molecule has 1 aromatic carbocycles. The molecule has 0 radical (unpaired) electrons. The summed E-state index contributed by atoms with van der Waals surface area (Å²) in [4.78, 5) is 2.28. The minimum absolute atomic E-state index is 0.413. The summed E-state index contributed by atoms with van der Waals surface area (Å²) in [5.41, 5.74) is 7.80. The second-order valence-corrected chi connectivity index (χ2v) is 5.00. The molecule has 1 aromatic rings. The van der Waals surface area contributed by atoms with Gasteiger partial charge in [0.2, 0.25) is 0 Å². The van der Waals surface area contributed by atoms with E-state index in [0.29, 0.717) is 19.2 Å². The summed E-state index contributed by atoms with van der Waals surface area (Å²) in [5, 5.41) is 0.793. The number of rotatable bonds is 7. The molecule has 0 aliphatic carbocycles. The fraction of sp³-hybridized carbons (Fsp3) is 0.571. The van der Waals surface area contributed by atoms with Gasteiger partial charge in [-0.25, -0.2) is 0 Å². The molecule has 0 aromatic heterocycles. The third kappa shape index (κ3) is 4.16. The quantitative estimate of drug-likeness (QED) is 0.828. The van der Waals surface area contributed by atoms with Crippen LogP contribution in [0.15, 0.2) is 18.2 Å². The van der Waals surface area contributed by atoms with Gasteiger partial charge in [-0.05, 0) is 44.5 Å². The molecule has 0 saturated heterocycles. The lowest BCUT2D eigenvalue weighted by atomic mass is 10.1. The first-order chi connectivity index (χ1) is 8.60. The van der Waals surface area contributed by atoms with Gasteiger partial charge in [-0.2, -0.15) is 0 Å². The maximum Gasteiger partial charge on any atom is 0.0637 e. The van der Waals surface area contributed by atoms with Crippen LogP contribution < -0.4 is 10.6 Å². The van der Waals surface area contributed by atoms with Crippen molar-refractivity contribution in [1.29, 1.82) is 0 Å². The first-order valence-electron chi connectivity index (χ1n) is 6.34. The molecule has 18 heavy (non-hydrogen) atoms. The highest BCUT2D eigenvalue weighted by molar-refractivity contribution is 6.31. The van der Waals surface area contributed by atoms with E-state index in [2.05, 4.69) is 30.9 Å². The number of nitrogens with two attached hydrogens (primary N) is 1. The van der Waals surface area contributed by atoms with Gasteiger partial charge in [0.1, 0.15) is 0 Å². The molecule has 0 aliphatic rings. The second-order valence-electron chi connectivity index (χ2n) is 4.59. The number of hydrogen-bond donors (Lipinski definition) is 1. The number of ether oxygens (including phenoxy) is 1. The van der Waals surface area contributed by atoms with Crippen LogP contribution in [-0.2, 0) is 11.2 Å². The van der Waals surface area contributed by atoms with Gasteiger partial charge >= 0.3 is 0 Å². The molecular formula is C14H23ClN2O. The minimum atomic E-state index is 0.413. The number of halogens is 1. The van der Waals surface area contributed by atoms with E-state index in [-0.39, 0.29) is 0 Å². The van der Waals surface area contributed by atoms with E-state index >= 15 is 0 Å². The lowest BCUT2D eigenvalue weighted by Gasteiger charge is -2.29. The SMILES string of the molecule is COCCN(c1ccc(CCN)c(Cl)c1)C(C)C. The summed E-state index contributed by atoms with van der Waals surface area (Å²) in [5.74, 6) is 0. The molecule has 4 heteroatoms. The molecule has 0 amide bonds. The van der Waals surface area contributed by atoms with Crippen molar-refractivity contribution in [2.75, 3.05) is 31.7 Å². The zero-order valence-corrected chi connectivity index (χ0v) is 12.2. The molecule has 0 fully saturated rings. The highest BCUT2D eigenvalue weighted by Gasteiger charge is 2.11. The molecule has 0 heterocycles. The Kier molecular flexibility index (Phi) is 6.47. The Bertz CT molecular complexity index is 369. The normalized spacial score (nSPS) is 11.0. The fourth-order valence-corrected chi connectivity index (χ4v) is 2.22. The summed E-state index contributed by atoms with van der Waals surface area (Å²) in [6.45, 7) is 6.52. The molecule has 0 unspecified atom stereocenters. The van der Waals surface area contributed by atoms with E-state index in [9.17, 15) is 0 Å². The van der Waals surface area contributed by atoms with Crippen LogP contribution in [-0.4, -0.2) is 32.8 Å². The maximum atomic E-state index is 6.28.